The first-order valence-electron chi connectivity index (χ1n) is 18.0. The molecule has 8 saturated carbocycles. The van der Waals surface area contributed by atoms with Crippen LogP contribution >= 0.6 is 11.6 Å². The van der Waals surface area contributed by atoms with Crippen LogP contribution in [0.15, 0.2) is 0 Å². The number of carbonyl (C=O) groups excluding carboxylic acids is 2. The molecule has 0 heterocycles. The van der Waals surface area contributed by atoms with Gasteiger partial charge in [0, 0.05) is 22.8 Å². The molecule has 2 N–H and O–H groups in total. The second kappa shape index (κ2) is 12.3. The summed E-state index contributed by atoms with van der Waals surface area (Å²) in [5.74, 6) is 5.75. The average Bonchev–Trinajstić information content (AvgIpc) is 2.73. The number of halogens is 1. The summed E-state index contributed by atoms with van der Waals surface area (Å²) in [4.78, 5) is 24.7. The summed E-state index contributed by atoms with van der Waals surface area (Å²) in [6.07, 6.45) is 18.4. The molecule has 0 aromatic heterocycles. The van der Waals surface area contributed by atoms with E-state index in [0.29, 0.717) is 16.6 Å². The van der Waals surface area contributed by atoms with E-state index >= 15 is 0 Å². The van der Waals surface area contributed by atoms with E-state index in [-0.39, 0.29) is 27.0 Å². The first kappa shape index (κ1) is 35.4. The SMILES string of the molecule is CC(C)(C)CC(C)(C)CC(=O)C12CC3CC(CC(C3)C1)C2.CC(C)(C)CC(C)(C)N.O=C(Cl)C12CC3CC(CC(C3)C1)C2. The van der Waals surface area contributed by atoms with Gasteiger partial charge in [0.1, 0.15) is 5.78 Å². The number of hydrogen-bond donors (Lipinski definition) is 1. The van der Waals surface area contributed by atoms with Crippen LogP contribution in [-0.4, -0.2) is 16.6 Å². The van der Waals surface area contributed by atoms with Gasteiger partial charge in [0.15, 0.2) is 0 Å². The summed E-state index contributed by atoms with van der Waals surface area (Å²) in [6, 6.07) is 0. The molecule has 0 radical (unpaired) electrons. The van der Waals surface area contributed by atoms with E-state index in [9.17, 15) is 9.59 Å². The monoisotopic (exact) mass is 617 g/mol. The van der Waals surface area contributed by atoms with Crippen molar-refractivity contribution < 1.29 is 9.59 Å². The van der Waals surface area contributed by atoms with Crippen LogP contribution in [0.3, 0.4) is 0 Å². The highest BCUT2D eigenvalue weighted by molar-refractivity contribution is 6.64. The van der Waals surface area contributed by atoms with Crippen molar-refractivity contribution in [1.29, 1.82) is 0 Å². The van der Waals surface area contributed by atoms with E-state index in [4.69, 9.17) is 17.3 Å². The van der Waals surface area contributed by atoms with Crippen molar-refractivity contribution in [3.63, 3.8) is 0 Å². The van der Waals surface area contributed by atoms with Gasteiger partial charge in [-0.2, -0.15) is 0 Å². The molecule has 0 spiro atoms. The molecule has 8 aliphatic carbocycles. The highest BCUT2D eigenvalue weighted by Crippen LogP contribution is 2.62. The fourth-order valence-corrected chi connectivity index (χ4v) is 12.5. The quantitative estimate of drug-likeness (QED) is 0.301. The van der Waals surface area contributed by atoms with Crippen LogP contribution in [0.4, 0.5) is 0 Å². The lowest BCUT2D eigenvalue weighted by Crippen LogP contribution is -2.50. The van der Waals surface area contributed by atoms with Crippen molar-refractivity contribution in [3.8, 4) is 0 Å². The second-order valence-electron chi connectivity index (χ2n) is 20.9. The average molecular weight is 618 g/mol. The highest BCUT2D eigenvalue weighted by Gasteiger charge is 2.55. The van der Waals surface area contributed by atoms with Gasteiger partial charge in [-0.25, -0.2) is 0 Å². The maximum absolute atomic E-state index is 13.2. The number of hydrogen-bond acceptors (Lipinski definition) is 3. The van der Waals surface area contributed by atoms with Crippen LogP contribution in [0.2, 0.25) is 0 Å². The molecular weight excluding hydrogens is 550 g/mol. The Kier molecular flexibility index (Phi) is 10.2. The van der Waals surface area contributed by atoms with Crippen molar-refractivity contribution >= 4 is 22.6 Å². The van der Waals surface area contributed by atoms with Gasteiger partial charge < -0.3 is 5.73 Å². The van der Waals surface area contributed by atoms with Gasteiger partial charge in [-0.15, -0.1) is 0 Å². The fraction of sp³-hybridized carbons (Fsp3) is 0.949. The molecule has 43 heavy (non-hydrogen) atoms. The van der Waals surface area contributed by atoms with Gasteiger partial charge >= 0.3 is 0 Å². The molecule has 8 bridgehead atoms. The van der Waals surface area contributed by atoms with E-state index in [0.717, 1.165) is 74.0 Å². The molecule has 0 aromatic carbocycles. The van der Waals surface area contributed by atoms with E-state index in [1.807, 2.05) is 0 Å². The number of carbonyl (C=O) groups is 2. The topological polar surface area (TPSA) is 60.2 Å². The van der Waals surface area contributed by atoms with Gasteiger partial charge in [0.25, 0.3) is 0 Å². The second-order valence-corrected chi connectivity index (χ2v) is 21.2. The van der Waals surface area contributed by atoms with Crippen LogP contribution in [-0.2, 0) is 9.59 Å². The summed E-state index contributed by atoms with van der Waals surface area (Å²) in [5.41, 5.74) is 6.66. The van der Waals surface area contributed by atoms with Crippen LogP contribution in [0, 0.1) is 62.6 Å². The molecule has 0 aliphatic heterocycles. The van der Waals surface area contributed by atoms with Crippen molar-refractivity contribution in [1.82, 2.24) is 0 Å². The zero-order valence-electron chi connectivity index (χ0n) is 29.8. The van der Waals surface area contributed by atoms with Crippen molar-refractivity contribution in [2.24, 2.45) is 68.3 Å². The van der Waals surface area contributed by atoms with E-state index in [1.165, 1.54) is 57.8 Å². The summed E-state index contributed by atoms with van der Waals surface area (Å²) in [6.45, 7) is 22.3. The minimum Gasteiger partial charge on any atom is -0.326 e. The van der Waals surface area contributed by atoms with Crippen LogP contribution < -0.4 is 5.73 Å². The largest absolute Gasteiger partial charge is 0.326 e. The van der Waals surface area contributed by atoms with Crippen LogP contribution in [0.5, 0.6) is 0 Å². The Morgan fingerprint density at radius 2 is 0.884 bits per heavy atom. The lowest BCUT2D eigenvalue weighted by molar-refractivity contribution is -0.146. The van der Waals surface area contributed by atoms with Gasteiger partial charge in [-0.05, 0) is 167 Å². The van der Waals surface area contributed by atoms with Crippen molar-refractivity contribution in [2.75, 3.05) is 0 Å². The van der Waals surface area contributed by atoms with E-state index < -0.39 is 0 Å². The molecule has 248 valence electrons. The summed E-state index contributed by atoms with van der Waals surface area (Å²) < 4.78 is 0. The van der Waals surface area contributed by atoms with Crippen molar-refractivity contribution in [2.45, 2.75) is 171 Å². The molecule has 8 aliphatic rings. The van der Waals surface area contributed by atoms with Gasteiger partial charge in [-0.3, -0.25) is 9.59 Å². The maximum Gasteiger partial charge on any atom is 0.227 e. The number of nitrogens with two attached hydrogens (primary N) is 1. The lowest BCUT2D eigenvalue weighted by Gasteiger charge is -2.56. The number of Topliss-reactive ketones (excluding diaryl/α,β-unsaturated/α-hetero) is 1. The Labute approximate surface area is 271 Å². The zero-order chi connectivity index (χ0) is 32.2. The molecule has 3 nitrogen and oxygen atoms in total. The molecule has 0 unspecified atom stereocenters. The fourth-order valence-electron chi connectivity index (χ4n) is 12.3. The highest BCUT2D eigenvalue weighted by atomic mass is 35.5. The Hall–Kier alpha value is -0.410. The zero-order valence-corrected chi connectivity index (χ0v) is 30.6. The van der Waals surface area contributed by atoms with Crippen molar-refractivity contribution in [3.05, 3.63) is 0 Å². The standard InChI is InChI=1S/C20H34O.C11H15ClO.C8H19N/c1-18(2,3)13-19(4,5)12-17(21)20-9-14-6-15(10-20)8-16(7-14)11-20;12-10(13)11-4-7-1-8(5-11)3-9(2-7)6-11;1-7(2,3)6-8(4,5)9/h14-16H,6-13H2,1-5H3;7-9H,1-6H2;6,9H2,1-5H3. The first-order chi connectivity index (χ1) is 19.5. The Balaban J connectivity index is 0.000000164. The third-order valence-electron chi connectivity index (χ3n) is 11.7. The van der Waals surface area contributed by atoms with Crippen LogP contribution in [0.1, 0.15) is 166 Å². The predicted octanol–water partition coefficient (Wildman–Crippen LogP) is 10.8. The Bertz CT molecular complexity index is 921. The minimum absolute atomic E-state index is 0.0156. The van der Waals surface area contributed by atoms with Crippen LogP contribution in [0.25, 0.3) is 0 Å². The molecule has 8 fully saturated rings. The Morgan fingerprint density at radius 1 is 0.581 bits per heavy atom. The molecule has 0 aromatic rings. The molecule has 0 saturated heterocycles. The lowest BCUT2D eigenvalue weighted by atomic mass is 9.48. The van der Waals surface area contributed by atoms with E-state index in [1.54, 1.807) is 0 Å². The molecule has 0 atom stereocenters. The number of ketones is 1. The van der Waals surface area contributed by atoms with Gasteiger partial charge in [-0.1, -0.05) is 55.4 Å². The minimum atomic E-state index is -0.0731. The maximum atomic E-state index is 13.2. The van der Waals surface area contributed by atoms with Gasteiger partial charge in [0.2, 0.25) is 5.24 Å². The van der Waals surface area contributed by atoms with Gasteiger partial charge in [0.05, 0.1) is 0 Å². The smallest absolute Gasteiger partial charge is 0.227 e. The third-order valence-corrected chi connectivity index (χ3v) is 12.1. The molecule has 8 rings (SSSR count). The molecule has 0 amide bonds. The summed E-state index contributed by atoms with van der Waals surface area (Å²) in [7, 11) is 0. The number of rotatable bonds is 6. The first-order valence-corrected chi connectivity index (χ1v) is 18.4. The Morgan fingerprint density at radius 3 is 1.12 bits per heavy atom. The normalized spacial score (nSPS) is 37.8. The summed E-state index contributed by atoms with van der Waals surface area (Å²) in [5, 5.41) is -0.0356. The van der Waals surface area contributed by atoms with E-state index in [2.05, 4.69) is 69.2 Å². The predicted molar refractivity (Wildman–Crippen MR) is 182 cm³/mol. The molecule has 4 heteroatoms. The summed E-state index contributed by atoms with van der Waals surface area (Å²) >= 11 is 5.76. The molecular formula is C39H68ClNO2. The third kappa shape index (κ3) is 9.56.